The maximum Gasteiger partial charge on any atom is 0.315 e. The SMILES string of the molecule is CC(C(=O)O)C(=O)NC(C)c1ccc(F)cc1. The lowest BCUT2D eigenvalue weighted by molar-refractivity contribution is -0.146. The number of hydrogen-bond acceptors (Lipinski definition) is 2. The van der Waals surface area contributed by atoms with Crippen LogP contribution in [-0.4, -0.2) is 17.0 Å². The minimum absolute atomic E-state index is 0.355. The van der Waals surface area contributed by atoms with Crippen molar-refractivity contribution in [2.75, 3.05) is 0 Å². The van der Waals surface area contributed by atoms with Crippen molar-refractivity contribution in [2.45, 2.75) is 19.9 Å². The normalized spacial score (nSPS) is 13.8. The largest absolute Gasteiger partial charge is 0.481 e. The van der Waals surface area contributed by atoms with E-state index in [2.05, 4.69) is 5.32 Å². The summed E-state index contributed by atoms with van der Waals surface area (Å²) in [6.07, 6.45) is 0. The molecule has 1 aromatic rings. The second kappa shape index (κ2) is 5.43. The number of hydrogen-bond donors (Lipinski definition) is 2. The van der Waals surface area contributed by atoms with E-state index in [0.29, 0.717) is 0 Å². The highest BCUT2D eigenvalue weighted by atomic mass is 19.1. The summed E-state index contributed by atoms with van der Waals surface area (Å²) in [5.74, 6) is -3.19. The molecule has 0 radical (unpaired) electrons. The van der Waals surface area contributed by atoms with Gasteiger partial charge in [0.05, 0.1) is 6.04 Å². The molecular weight excluding hydrogens is 225 g/mol. The predicted octanol–water partition coefficient (Wildman–Crippen LogP) is 1.72. The third-order valence-corrected chi connectivity index (χ3v) is 2.49. The van der Waals surface area contributed by atoms with Gasteiger partial charge in [0.15, 0.2) is 0 Å². The first-order chi connectivity index (χ1) is 7.91. The topological polar surface area (TPSA) is 66.4 Å². The van der Waals surface area contributed by atoms with Crippen LogP contribution in [0.4, 0.5) is 4.39 Å². The van der Waals surface area contributed by atoms with E-state index in [1.165, 1.54) is 19.1 Å². The Morgan fingerprint density at radius 3 is 2.24 bits per heavy atom. The number of benzene rings is 1. The molecular formula is C12H14FNO3. The lowest BCUT2D eigenvalue weighted by atomic mass is 10.1. The van der Waals surface area contributed by atoms with Gasteiger partial charge in [-0.3, -0.25) is 9.59 Å². The van der Waals surface area contributed by atoms with Gasteiger partial charge in [0, 0.05) is 0 Å². The average Bonchev–Trinajstić information content (AvgIpc) is 2.28. The highest BCUT2D eigenvalue weighted by Gasteiger charge is 2.22. The van der Waals surface area contributed by atoms with E-state index in [-0.39, 0.29) is 11.9 Å². The number of carbonyl (C=O) groups excluding carboxylic acids is 1. The Kier molecular flexibility index (Phi) is 4.20. The number of rotatable bonds is 4. The molecule has 0 aliphatic carbocycles. The molecule has 2 unspecified atom stereocenters. The summed E-state index contributed by atoms with van der Waals surface area (Å²) in [6, 6.07) is 5.32. The van der Waals surface area contributed by atoms with Gasteiger partial charge in [0.25, 0.3) is 0 Å². The van der Waals surface area contributed by atoms with Crippen LogP contribution in [-0.2, 0) is 9.59 Å². The fourth-order valence-electron chi connectivity index (χ4n) is 1.29. The standard InChI is InChI=1S/C12H14FNO3/c1-7(12(16)17)11(15)14-8(2)9-3-5-10(13)6-4-9/h3-8H,1-2H3,(H,14,15)(H,16,17). The fourth-order valence-corrected chi connectivity index (χ4v) is 1.29. The Labute approximate surface area is 98.5 Å². The van der Waals surface area contributed by atoms with Crippen LogP contribution in [0.15, 0.2) is 24.3 Å². The molecule has 0 aliphatic heterocycles. The summed E-state index contributed by atoms with van der Waals surface area (Å²) in [7, 11) is 0. The summed E-state index contributed by atoms with van der Waals surface area (Å²) in [5.41, 5.74) is 0.720. The van der Waals surface area contributed by atoms with E-state index in [0.717, 1.165) is 5.56 Å². The Morgan fingerprint density at radius 2 is 1.76 bits per heavy atom. The van der Waals surface area contributed by atoms with Gasteiger partial charge >= 0.3 is 5.97 Å². The van der Waals surface area contributed by atoms with Crippen LogP contribution in [0.1, 0.15) is 25.5 Å². The van der Waals surface area contributed by atoms with Crippen molar-refractivity contribution in [2.24, 2.45) is 5.92 Å². The van der Waals surface area contributed by atoms with E-state index in [9.17, 15) is 14.0 Å². The van der Waals surface area contributed by atoms with Crippen molar-refractivity contribution in [3.8, 4) is 0 Å². The number of halogens is 1. The van der Waals surface area contributed by atoms with Gasteiger partial charge in [-0.25, -0.2) is 4.39 Å². The third-order valence-electron chi connectivity index (χ3n) is 2.49. The molecule has 2 N–H and O–H groups in total. The quantitative estimate of drug-likeness (QED) is 0.786. The molecule has 1 rings (SSSR count). The molecule has 1 amide bonds. The van der Waals surface area contributed by atoms with Gasteiger partial charge < -0.3 is 10.4 Å². The van der Waals surface area contributed by atoms with Crippen molar-refractivity contribution in [3.63, 3.8) is 0 Å². The summed E-state index contributed by atoms with van der Waals surface area (Å²) >= 11 is 0. The number of carboxylic acids is 1. The Hall–Kier alpha value is -1.91. The van der Waals surface area contributed by atoms with Crippen molar-refractivity contribution in [1.82, 2.24) is 5.32 Å². The molecule has 0 saturated carbocycles. The molecule has 2 atom stereocenters. The maximum absolute atomic E-state index is 12.7. The van der Waals surface area contributed by atoms with E-state index in [4.69, 9.17) is 5.11 Å². The zero-order valence-corrected chi connectivity index (χ0v) is 9.61. The molecule has 0 saturated heterocycles. The molecule has 1 aromatic carbocycles. The smallest absolute Gasteiger partial charge is 0.315 e. The van der Waals surface area contributed by atoms with Crippen LogP contribution in [0, 0.1) is 11.7 Å². The maximum atomic E-state index is 12.7. The van der Waals surface area contributed by atoms with E-state index < -0.39 is 17.8 Å². The van der Waals surface area contributed by atoms with Crippen LogP contribution in [0.3, 0.4) is 0 Å². The Balaban J connectivity index is 2.66. The van der Waals surface area contributed by atoms with Gasteiger partial charge in [-0.2, -0.15) is 0 Å². The molecule has 17 heavy (non-hydrogen) atoms. The molecule has 5 heteroatoms. The van der Waals surface area contributed by atoms with Gasteiger partial charge in [-0.1, -0.05) is 12.1 Å². The van der Waals surface area contributed by atoms with Gasteiger partial charge in [0.2, 0.25) is 5.91 Å². The molecule has 0 spiro atoms. The van der Waals surface area contributed by atoms with E-state index in [1.54, 1.807) is 19.1 Å². The predicted molar refractivity (Wildman–Crippen MR) is 59.8 cm³/mol. The minimum Gasteiger partial charge on any atom is -0.481 e. The molecule has 4 nitrogen and oxygen atoms in total. The van der Waals surface area contributed by atoms with Crippen molar-refractivity contribution < 1.29 is 19.1 Å². The van der Waals surface area contributed by atoms with Crippen molar-refractivity contribution in [3.05, 3.63) is 35.6 Å². The van der Waals surface area contributed by atoms with Crippen LogP contribution in [0.25, 0.3) is 0 Å². The zero-order chi connectivity index (χ0) is 13.0. The highest BCUT2D eigenvalue weighted by Crippen LogP contribution is 2.13. The van der Waals surface area contributed by atoms with Crippen LogP contribution in [0.2, 0.25) is 0 Å². The van der Waals surface area contributed by atoms with Crippen molar-refractivity contribution in [1.29, 1.82) is 0 Å². The fraction of sp³-hybridized carbons (Fsp3) is 0.333. The summed E-state index contributed by atoms with van der Waals surface area (Å²) < 4.78 is 12.7. The van der Waals surface area contributed by atoms with E-state index in [1.807, 2.05) is 0 Å². The Bertz CT molecular complexity index is 416. The van der Waals surface area contributed by atoms with Crippen molar-refractivity contribution >= 4 is 11.9 Å². The summed E-state index contributed by atoms with van der Waals surface area (Å²) in [6.45, 7) is 3.02. The average molecular weight is 239 g/mol. The molecule has 0 heterocycles. The first kappa shape index (κ1) is 13.2. The first-order valence-corrected chi connectivity index (χ1v) is 5.20. The molecule has 0 fully saturated rings. The van der Waals surface area contributed by atoms with Crippen LogP contribution < -0.4 is 5.32 Å². The second-order valence-electron chi connectivity index (χ2n) is 3.84. The molecule has 0 aliphatic rings. The second-order valence-corrected chi connectivity index (χ2v) is 3.84. The number of amides is 1. The van der Waals surface area contributed by atoms with Gasteiger partial charge in [-0.15, -0.1) is 0 Å². The lowest BCUT2D eigenvalue weighted by Gasteiger charge is -2.16. The number of carboxylic acid groups (broad SMARTS) is 1. The summed E-state index contributed by atoms with van der Waals surface area (Å²) in [5, 5.41) is 11.2. The minimum atomic E-state index is -1.17. The van der Waals surface area contributed by atoms with Gasteiger partial charge in [-0.05, 0) is 31.5 Å². The molecule has 0 aromatic heterocycles. The first-order valence-electron chi connectivity index (χ1n) is 5.20. The monoisotopic (exact) mass is 239 g/mol. The number of carbonyl (C=O) groups is 2. The third kappa shape index (κ3) is 3.55. The summed E-state index contributed by atoms with van der Waals surface area (Å²) in [4.78, 5) is 22.1. The molecule has 0 bridgehead atoms. The van der Waals surface area contributed by atoms with Crippen LogP contribution >= 0.6 is 0 Å². The number of nitrogens with one attached hydrogen (secondary N) is 1. The highest BCUT2D eigenvalue weighted by molar-refractivity contribution is 5.96. The Morgan fingerprint density at radius 1 is 1.24 bits per heavy atom. The van der Waals surface area contributed by atoms with Gasteiger partial charge in [0.1, 0.15) is 11.7 Å². The lowest BCUT2D eigenvalue weighted by Crippen LogP contribution is -2.35. The van der Waals surface area contributed by atoms with Crippen LogP contribution in [0.5, 0.6) is 0 Å². The zero-order valence-electron chi connectivity index (χ0n) is 9.61. The molecule has 92 valence electrons. The van der Waals surface area contributed by atoms with E-state index >= 15 is 0 Å². The number of aliphatic carboxylic acids is 1.